The van der Waals surface area contributed by atoms with Crippen LogP contribution in [0.2, 0.25) is 0 Å². The molecule has 6 heteroatoms. The average molecular weight is 210 g/mol. The van der Waals surface area contributed by atoms with Crippen LogP contribution in [-0.2, 0) is 4.79 Å². The minimum absolute atomic E-state index is 0.176. The number of carbonyl (C=O) groups is 2. The van der Waals surface area contributed by atoms with Gasteiger partial charge in [-0.1, -0.05) is 6.07 Å². The second kappa shape index (κ2) is 5.06. The van der Waals surface area contributed by atoms with Crippen LogP contribution in [0.1, 0.15) is 10.5 Å². The van der Waals surface area contributed by atoms with Crippen LogP contribution in [0.4, 0.5) is 0 Å². The smallest absolute Gasteiger partial charge is 0.334 e. The maximum absolute atomic E-state index is 11.3. The first-order valence-electron chi connectivity index (χ1n) is 4.21. The monoisotopic (exact) mass is 210 g/mol. The summed E-state index contributed by atoms with van der Waals surface area (Å²) in [5, 5.41) is 19.5. The van der Waals surface area contributed by atoms with Crippen molar-refractivity contribution in [3.63, 3.8) is 0 Å². The fourth-order valence-electron chi connectivity index (χ4n) is 0.864. The van der Waals surface area contributed by atoms with Gasteiger partial charge in [0.25, 0.3) is 5.91 Å². The molecule has 0 unspecified atom stereocenters. The molecule has 0 aliphatic rings. The van der Waals surface area contributed by atoms with Gasteiger partial charge in [-0.2, -0.15) is 0 Å². The Morgan fingerprint density at radius 2 is 2.20 bits per heavy atom. The summed E-state index contributed by atoms with van der Waals surface area (Å²) < 4.78 is 0. The number of pyridine rings is 1. The third-order valence-electron chi connectivity index (χ3n) is 1.64. The van der Waals surface area contributed by atoms with E-state index in [1.54, 1.807) is 12.1 Å². The van der Waals surface area contributed by atoms with Crippen molar-refractivity contribution in [2.24, 2.45) is 0 Å². The molecular weight excluding hydrogens is 200 g/mol. The topological polar surface area (TPSA) is 99.5 Å². The highest BCUT2D eigenvalue weighted by Crippen LogP contribution is 1.92. The summed E-state index contributed by atoms with van der Waals surface area (Å²) in [5.74, 6) is -1.90. The Morgan fingerprint density at radius 1 is 1.47 bits per heavy atom. The van der Waals surface area contributed by atoms with Crippen molar-refractivity contribution in [1.82, 2.24) is 10.3 Å². The van der Waals surface area contributed by atoms with Gasteiger partial charge in [0.2, 0.25) is 0 Å². The van der Waals surface area contributed by atoms with Gasteiger partial charge in [0.05, 0.1) is 6.54 Å². The number of carboxylic acids is 1. The summed E-state index contributed by atoms with van der Waals surface area (Å²) in [5.41, 5.74) is 0.176. The second-order valence-corrected chi connectivity index (χ2v) is 2.78. The third-order valence-corrected chi connectivity index (χ3v) is 1.64. The van der Waals surface area contributed by atoms with E-state index in [0.29, 0.717) is 0 Å². The molecule has 3 N–H and O–H groups in total. The van der Waals surface area contributed by atoms with Gasteiger partial charge in [0.15, 0.2) is 6.10 Å². The van der Waals surface area contributed by atoms with E-state index in [1.165, 1.54) is 12.3 Å². The van der Waals surface area contributed by atoms with Crippen LogP contribution in [0.25, 0.3) is 0 Å². The van der Waals surface area contributed by atoms with Crippen molar-refractivity contribution >= 4 is 11.9 Å². The lowest BCUT2D eigenvalue weighted by atomic mass is 10.3. The SMILES string of the molecule is O=C(NC[C@H](O)C(=O)O)c1ccccn1. The van der Waals surface area contributed by atoms with Gasteiger partial charge in [0.1, 0.15) is 5.69 Å². The highest BCUT2D eigenvalue weighted by atomic mass is 16.4. The Morgan fingerprint density at radius 3 is 2.73 bits per heavy atom. The summed E-state index contributed by atoms with van der Waals surface area (Å²) in [6, 6.07) is 4.78. The third kappa shape index (κ3) is 3.35. The molecule has 0 spiro atoms. The normalized spacial score (nSPS) is 11.8. The number of nitrogens with one attached hydrogen (secondary N) is 1. The Labute approximate surface area is 85.6 Å². The van der Waals surface area contributed by atoms with Gasteiger partial charge in [-0.15, -0.1) is 0 Å². The molecule has 80 valence electrons. The quantitative estimate of drug-likeness (QED) is 0.607. The minimum atomic E-state index is -1.60. The molecule has 0 aromatic carbocycles. The molecule has 0 aliphatic heterocycles. The van der Waals surface area contributed by atoms with Crippen LogP contribution in [-0.4, -0.2) is 39.7 Å². The van der Waals surface area contributed by atoms with Crippen LogP contribution in [0.5, 0.6) is 0 Å². The van der Waals surface area contributed by atoms with Crippen LogP contribution in [0, 0.1) is 0 Å². The molecule has 0 aliphatic carbocycles. The first-order chi connectivity index (χ1) is 7.11. The Bertz CT molecular complexity index is 352. The van der Waals surface area contributed by atoms with E-state index in [1.807, 2.05) is 0 Å². The van der Waals surface area contributed by atoms with Crippen molar-refractivity contribution in [3.05, 3.63) is 30.1 Å². The number of carbonyl (C=O) groups excluding carboxylic acids is 1. The fraction of sp³-hybridized carbons (Fsp3) is 0.222. The Hall–Kier alpha value is -1.95. The van der Waals surface area contributed by atoms with Crippen molar-refractivity contribution in [3.8, 4) is 0 Å². The maximum Gasteiger partial charge on any atom is 0.334 e. The number of aromatic nitrogens is 1. The predicted octanol–water partition coefficient (Wildman–Crippen LogP) is -0.743. The zero-order chi connectivity index (χ0) is 11.3. The van der Waals surface area contributed by atoms with E-state index in [9.17, 15) is 9.59 Å². The largest absolute Gasteiger partial charge is 0.479 e. The number of hydrogen-bond acceptors (Lipinski definition) is 4. The molecule has 15 heavy (non-hydrogen) atoms. The van der Waals surface area contributed by atoms with Crippen molar-refractivity contribution < 1.29 is 19.8 Å². The molecule has 1 aromatic heterocycles. The van der Waals surface area contributed by atoms with E-state index in [4.69, 9.17) is 10.2 Å². The zero-order valence-corrected chi connectivity index (χ0v) is 7.75. The van der Waals surface area contributed by atoms with Crippen molar-refractivity contribution in [2.45, 2.75) is 6.10 Å². The summed E-state index contributed by atoms with van der Waals surface area (Å²) >= 11 is 0. The van der Waals surface area contributed by atoms with Crippen LogP contribution >= 0.6 is 0 Å². The molecule has 1 amide bonds. The molecule has 1 atom stereocenters. The molecule has 1 rings (SSSR count). The summed E-state index contributed by atoms with van der Waals surface area (Å²) in [4.78, 5) is 25.3. The molecule has 0 bridgehead atoms. The molecule has 1 heterocycles. The van der Waals surface area contributed by atoms with Gasteiger partial charge in [-0.3, -0.25) is 9.78 Å². The number of nitrogens with zero attached hydrogens (tertiary/aromatic N) is 1. The van der Waals surface area contributed by atoms with E-state index < -0.39 is 18.0 Å². The van der Waals surface area contributed by atoms with E-state index >= 15 is 0 Å². The fourth-order valence-corrected chi connectivity index (χ4v) is 0.864. The number of aliphatic carboxylic acids is 1. The minimum Gasteiger partial charge on any atom is -0.479 e. The van der Waals surface area contributed by atoms with Crippen LogP contribution in [0.15, 0.2) is 24.4 Å². The first kappa shape index (κ1) is 11.1. The van der Waals surface area contributed by atoms with Gasteiger partial charge in [-0.25, -0.2) is 4.79 Å². The van der Waals surface area contributed by atoms with Gasteiger partial charge >= 0.3 is 5.97 Å². The van der Waals surface area contributed by atoms with Gasteiger partial charge in [0, 0.05) is 6.20 Å². The average Bonchev–Trinajstić information content (AvgIpc) is 2.26. The molecule has 0 saturated heterocycles. The van der Waals surface area contributed by atoms with Gasteiger partial charge < -0.3 is 15.5 Å². The molecule has 1 aromatic rings. The first-order valence-corrected chi connectivity index (χ1v) is 4.21. The highest BCUT2D eigenvalue weighted by Gasteiger charge is 2.14. The standard InChI is InChI=1S/C9H10N2O4/c12-7(9(14)15)5-11-8(13)6-3-1-2-4-10-6/h1-4,7,12H,5H2,(H,11,13)(H,14,15)/t7-/m0/s1. The molecule has 0 fully saturated rings. The van der Waals surface area contributed by atoms with Crippen molar-refractivity contribution in [1.29, 1.82) is 0 Å². The lowest BCUT2D eigenvalue weighted by molar-refractivity contribution is -0.146. The number of hydrogen-bond donors (Lipinski definition) is 3. The number of aliphatic hydroxyl groups excluding tert-OH is 1. The lowest BCUT2D eigenvalue weighted by Crippen LogP contribution is -2.36. The molecular formula is C9H10N2O4. The predicted molar refractivity (Wildman–Crippen MR) is 50.2 cm³/mol. The Balaban J connectivity index is 2.47. The lowest BCUT2D eigenvalue weighted by Gasteiger charge is -2.06. The number of amides is 1. The number of aliphatic hydroxyl groups is 1. The second-order valence-electron chi connectivity index (χ2n) is 2.78. The molecule has 0 radical (unpaired) electrons. The Kier molecular flexibility index (Phi) is 3.75. The highest BCUT2D eigenvalue weighted by molar-refractivity contribution is 5.92. The van der Waals surface area contributed by atoms with E-state index in [-0.39, 0.29) is 12.2 Å². The van der Waals surface area contributed by atoms with Gasteiger partial charge in [-0.05, 0) is 12.1 Å². The van der Waals surface area contributed by atoms with Crippen LogP contribution in [0.3, 0.4) is 0 Å². The van der Waals surface area contributed by atoms with Crippen molar-refractivity contribution in [2.75, 3.05) is 6.54 Å². The van der Waals surface area contributed by atoms with E-state index in [2.05, 4.69) is 10.3 Å². The zero-order valence-electron chi connectivity index (χ0n) is 7.75. The number of rotatable bonds is 4. The maximum atomic E-state index is 11.3. The molecule has 6 nitrogen and oxygen atoms in total. The van der Waals surface area contributed by atoms with Crippen LogP contribution < -0.4 is 5.32 Å². The summed E-state index contributed by atoms with van der Waals surface area (Å²) in [7, 11) is 0. The summed E-state index contributed by atoms with van der Waals surface area (Å²) in [6.45, 7) is -0.343. The summed E-state index contributed by atoms with van der Waals surface area (Å²) in [6.07, 6.45) is -0.152. The number of carboxylic acid groups (broad SMARTS) is 1. The molecule has 0 saturated carbocycles. The van der Waals surface area contributed by atoms with E-state index in [0.717, 1.165) is 0 Å².